The zero-order valence-electron chi connectivity index (χ0n) is 17.1. The van der Waals surface area contributed by atoms with Crippen LogP contribution in [-0.4, -0.2) is 53.4 Å². The number of fused-ring (bicyclic) bond motifs is 1. The number of nitrogens with zero attached hydrogens (tertiary/aromatic N) is 2. The van der Waals surface area contributed by atoms with Gasteiger partial charge in [0.1, 0.15) is 29.3 Å². The van der Waals surface area contributed by atoms with Crippen molar-refractivity contribution in [2.45, 2.75) is 31.5 Å². The molecule has 9 heteroatoms. The number of thiazole rings is 1. The standard InChI is InChI=1S/C22H26FN3O2S.2ClH/c23-16-4-3-5-19(12-16)28-15-18(27)14-26-10-8-17(9-11-26)24-13-22-25-20-6-1-2-7-21(20)29-22;;/h1-7,12,17-18,24,27H,8-11,13-15H2;2*1H. The highest BCUT2D eigenvalue weighted by Crippen LogP contribution is 2.22. The molecule has 0 amide bonds. The number of β-amino-alcohol motifs (C(OH)–C–C–N with tert-alkyl or cyclic N) is 1. The highest BCUT2D eigenvalue weighted by Gasteiger charge is 2.21. The second-order valence-corrected chi connectivity index (χ2v) is 8.57. The van der Waals surface area contributed by atoms with E-state index in [0.29, 0.717) is 18.3 Å². The number of hydrogen-bond donors (Lipinski definition) is 2. The lowest BCUT2D eigenvalue weighted by molar-refractivity contribution is 0.0577. The second-order valence-electron chi connectivity index (χ2n) is 7.45. The number of para-hydroxylation sites is 1. The number of piperidine rings is 1. The van der Waals surface area contributed by atoms with E-state index in [9.17, 15) is 9.50 Å². The van der Waals surface area contributed by atoms with Crippen LogP contribution in [0, 0.1) is 5.82 Å². The predicted octanol–water partition coefficient (Wildman–Crippen LogP) is 4.27. The van der Waals surface area contributed by atoms with Crippen molar-refractivity contribution in [2.75, 3.05) is 26.2 Å². The van der Waals surface area contributed by atoms with Crippen molar-refractivity contribution in [1.29, 1.82) is 0 Å². The Balaban J connectivity index is 0.00000171. The molecule has 1 unspecified atom stereocenters. The first-order chi connectivity index (χ1) is 14.2. The van der Waals surface area contributed by atoms with Crippen LogP contribution in [0.3, 0.4) is 0 Å². The number of nitrogens with one attached hydrogen (secondary N) is 1. The van der Waals surface area contributed by atoms with Crippen molar-refractivity contribution in [1.82, 2.24) is 15.2 Å². The Labute approximate surface area is 198 Å². The summed E-state index contributed by atoms with van der Waals surface area (Å²) in [4.78, 5) is 6.94. The minimum atomic E-state index is -0.592. The summed E-state index contributed by atoms with van der Waals surface area (Å²) in [5, 5.41) is 15.0. The van der Waals surface area contributed by atoms with E-state index in [2.05, 4.69) is 27.3 Å². The number of rotatable bonds is 8. The number of aliphatic hydroxyl groups is 1. The molecule has 4 rings (SSSR count). The third-order valence-electron chi connectivity index (χ3n) is 5.18. The summed E-state index contributed by atoms with van der Waals surface area (Å²) in [5.41, 5.74) is 1.07. The van der Waals surface area contributed by atoms with E-state index >= 15 is 0 Å². The molecule has 2 heterocycles. The van der Waals surface area contributed by atoms with Gasteiger partial charge in [-0.3, -0.25) is 0 Å². The van der Waals surface area contributed by atoms with Crippen LogP contribution in [0.4, 0.5) is 4.39 Å². The largest absolute Gasteiger partial charge is 0.491 e. The van der Waals surface area contributed by atoms with Gasteiger partial charge in [-0.15, -0.1) is 36.2 Å². The van der Waals surface area contributed by atoms with E-state index in [0.717, 1.165) is 43.0 Å². The van der Waals surface area contributed by atoms with Crippen molar-refractivity contribution < 1.29 is 14.2 Å². The highest BCUT2D eigenvalue weighted by molar-refractivity contribution is 7.18. The SMILES string of the molecule is Cl.Cl.OC(COc1cccc(F)c1)CN1CCC(NCc2nc3ccccc3s2)CC1. The maximum Gasteiger partial charge on any atom is 0.126 e. The molecule has 1 fully saturated rings. The summed E-state index contributed by atoms with van der Waals surface area (Å²) in [5.74, 6) is 0.110. The minimum absolute atomic E-state index is 0. The number of aromatic nitrogens is 1. The molecular formula is C22H28Cl2FN3O2S. The first-order valence-corrected chi connectivity index (χ1v) is 10.8. The Kier molecular flexibility index (Phi) is 10.4. The third-order valence-corrected chi connectivity index (χ3v) is 6.21. The first-order valence-electron chi connectivity index (χ1n) is 10.0. The highest BCUT2D eigenvalue weighted by atomic mass is 35.5. The van der Waals surface area contributed by atoms with E-state index < -0.39 is 6.10 Å². The summed E-state index contributed by atoms with van der Waals surface area (Å²) >= 11 is 1.74. The molecule has 0 bridgehead atoms. The lowest BCUT2D eigenvalue weighted by Crippen LogP contribution is -2.45. The molecule has 0 radical (unpaired) electrons. The van der Waals surface area contributed by atoms with Crippen molar-refractivity contribution in [3.8, 4) is 5.75 Å². The van der Waals surface area contributed by atoms with Crippen LogP contribution in [0.15, 0.2) is 48.5 Å². The molecule has 2 aromatic carbocycles. The van der Waals surface area contributed by atoms with Gasteiger partial charge in [-0.1, -0.05) is 18.2 Å². The lowest BCUT2D eigenvalue weighted by atomic mass is 10.0. The van der Waals surface area contributed by atoms with Crippen LogP contribution in [-0.2, 0) is 6.54 Å². The second kappa shape index (κ2) is 12.5. The van der Waals surface area contributed by atoms with Gasteiger partial charge < -0.3 is 20.1 Å². The Morgan fingerprint density at radius 3 is 2.68 bits per heavy atom. The van der Waals surface area contributed by atoms with Gasteiger partial charge in [0.25, 0.3) is 0 Å². The summed E-state index contributed by atoms with van der Waals surface area (Å²) in [6.07, 6.45) is 1.50. The molecule has 1 aliphatic rings. The molecule has 1 aromatic heterocycles. The first kappa shape index (κ1) is 25.8. The molecule has 0 saturated carbocycles. The minimum Gasteiger partial charge on any atom is -0.491 e. The van der Waals surface area contributed by atoms with Crippen molar-refractivity contribution in [3.05, 3.63) is 59.4 Å². The molecule has 31 heavy (non-hydrogen) atoms. The molecule has 1 saturated heterocycles. The molecule has 5 nitrogen and oxygen atoms in total. The van der Waals surface area contributed by atoms with E-state index in [1.807, 2.05) is 12.1 Å². The van der Waals surface area contributed by atoms with Gasteiger partial charge >= 0.3 is 0 Å². The van der Waals surface area contributed by atoms with E-state index in [1.165, 1.54) is 16.8 Å². The Bertz CT molecular complexity index is 905. The van der Waals surface area contributed by atoms with E-state index in [4.69, 9.17) is 4.74 Å². The van der Waals surface area contributed by atoms with Gasteiger partial charge in [0.2, 0.25) is 0 Å². The summed E-state index contributed by atoms with van der Waals surface area (Å²) in [7, 11) is 0. The number of aliphatic hydroxyl groups excluding tert-OH is 1. The summed E-state index contributed by atoms with van der Waals surface area (Å²) < 4.78 is 19.9. The Morgan fingerprint density at radius 1 is 1.16 bits per heavy atom. The smallest absolute Gasteiger partial charge is 0.126 e. The summed E-state index contributed by atoms with van der Waals surface area (Å²) in [6, 6.07) is 14.7. The molecule has 1 aliphatic heterocycles. The average molecular weight is 488 g/mol. The van der Waals surface area contributed by atoms with Gasteiger partial charge in [0.15, 0.2) is 0 Å². The molecule has 2 N–H and O–H groups in total. The van der Waals surface area contributed by atoms with Crippen LogP contribution >= 0.6 is 36.2 Å². The molecule has 0 spiro atoms. The molecule has 0 aliphatic carbocycles. The number of benzene rings is 2. The van der Waals surface area contributed by atoms with Gasteiger partial charge in [0.05, 0.1) is 10.2 Å². The van der Waals surface area contributed by atoms with Crippen LogP contribution in [0.2, 0.25) is 0 Å². The summed E-state index contributed by atoms with van der Waals surface area (Å²) in [6.45, 7) is 3.41. The number of hydrogen-bond acceptors (Lipinski definition) is 6. The molecule has 170 valence electrons. The lowest BCUT2D eigenvalue weighted by Gasteiger charge is -2.33. The maximum atomic E-state index is 13.2. The van der Waals surface area contributed by atoms with Gasteiger partial charge in [-0.05, 0) is 50.2 Å². The fourth-order valence-corrected chi connectivity index (χ4v) is 4.57. The fourth-order valence-electron chi connectivity index (χ4n) is 3.65. The fraction of sp³-hybridized carbons (Fsp3) is 0.409. The van der Waals surface area contributed by atoms with Gasteiger partial charge in [-0.25, -0.2) is 9.37 Å². The van der Waals surface area contributed by atoms with Crippen molar-refractivity contribution in [2.24, 2.45) is 0 Å². The van der Waals surface area contributed by atoms with Gasteiger partial charge in [-0.2, -0.15) is 0 Å². The third kappa shape index (κ3) is 7.56. The molecule has 1 atom stereocenters. The zero-order valence-corrected chi connectivity index (χ0v) is 19.5. The number of ether oxygens (including phenoxy) is 1. The van der Waals surface area contributed by atoms with Crippen molar-refractivity contribution >= 4 is 46.4 Å². The van der Waals surface area contributed by atoms with E-state index in [1.54, 1.807) is 23.5 Å². The molecular weight excluding hydrogens is 460 g/mol. The zero-order chi connectivity index (χ0) is 20.1. The van der Waals surface area contributed by atoms with Crippen LogP contribution in [0.5, 0.6) is 5.75 Å². The monoisotopic (exact) mass is 487 g/mol. The topological polar surface area (TPSA) is 57.6 Å². The predicted molar refractivity (Wildman–Crippen MR) is 128 cm³/mol. The van der Waals surface area contributed by atoms with E-state index in [-0.39, 0.29) is 37.2 Å². The normalized spacial score (nSPS) is 15.8. The van der Waals surface area contributed by atoms with Crippen LogP contribution < -0.4 is 10.1 Å². The Morgan fingerprint density at radius 2 is 1.94 bits per heavy atom. The number of halogens is 3. The Hall–Kier alpha value is -1.48. The average Bonchev–Trinajstić information content (AvgIpc) is 3.15. The van der Waals surface area contributed by atoms with Crippen LogP contribution in [0.25, 0.3) is 10.2 Å². The maximum absolute atomic E-state index is 13.2. The molecule has 3 aromatic rings. The number of likely N-dealkylation sites (tertiary alicyclic amines) is 1. The quantitative estimate of drug-likeness (QED) is 0.496. The van der Waals surface area contributed by atoms with Crippen molar-refractivity contribution in [3.63, 3.8) is 0 Å². The van der Waals surface area contributed by atoms with Crippen LogP contribution in [0.1, 0.15) is 17.8 Å². The van der Waals surface area contributed by atoms with Gasteiger partial charge in [0, 0.05) is 25.2 Å².